The van der Waals surface area contributed by atoms with Crippen LogP contribution in [0.25, 0.3) is 0 Å². The van der Waals surface area contributed by atoms with E-state index in [0.29, 0.717) is 17.0 Å². The van der Waals surface area contributed by atoms with E-state index in [1.165, 1.54) is 7.11 Å². The number of benzene rings is 2. The van der Waals surface area contributed by atoms with Crippen molar-refractivity contribution in [3.05, 3.63) is 53.6 Å². The topological polar surface area (TPSA) is 52.3 Å². The fraction of sp³-hybridized carbons (Fsp3) is 0.143. The van der Waals surface area contributed by atoms with Gasteiger partial charge in [0, 0.05) is 11.3 Å². The first-order chi connectivity index (χ1) is 9.51. The van der Waals surface area contributed by atoms with Crippen LogP contribution in [0, 0.1) is 11.6 Å². The number of methoxy groups -OCH3 is 1. The predicted octanol–water partition coefficient (Wildman–Crippen LogP) is 2.86. The Bertz CT molecular complexity index is 662. The highest BCUT2D eigenvalue weighted by Crippen LogP contribution is 2.25. The molecule has 0 fully saturated rings. The molecule has 1 unspecified atom stereocenters. The van der Waals surface area contributed by atoms with E-state index >= 15 is 0 Å². The molecule has 0 heterocycles. The van der Waals surface area contributed by atoms with Gasteiger partial charge in [0.05, 0.1) is 28.6 Å². The number of rotatable bonds is 4. The number of hydrogen-bond acceptors (Lipinski definition) is 3. The quantitative estimate of drug-likeness (QED) is 0.883. The SMILES string of the molecule is COc1ccc(N)cc1CS(=O)c1cc(F)ccc1F. The lowest BCUT2D eigenvalue weighted by Crippen LogP contribution is -2.02. The second-order valence-corrected chi connectivity index (χ2v) is 5.56. The van der Waals surface area contributed by atoms with Crippen molar-refractivity contribution in [1.29, 1.82) is 0 Å². The third-order valence-electron chi connectivity index (χ3n) is 2.73. The van der Waals surface area contributed by atoms with Crippen LogP contribution >= 0.6 is 0 Å². The minimum atomic E-state index is -1.73. The average Bonchev–Trinajstić information content (AvgIpc) is 2.41. The Labute approximate surface area is 117 Å². The zero-order chi connectivity index (χ0) is 14.7. The molecular weight excluding hydrogens is 284 g/mol. The van der Waals surface area contributed by atoms with Crippen molar-refractivity contribution in [3.63, 3.8) is 0 Å². The normalized spacial score (nSPS) is 12.2. The van der Waals surface area contributed by atoms with Crippen molar-refractivity contribution in [3.8, 4) is 5.75 Å². The second kappa shape index (κ2) is 6.00. The fourth-order valence-electron chi connectivity index (χ4n) is 1.78. The molecule has 3 nitrogen and oxygen atoms in total. The first-order valence-corrected chi connectivity index (χ1v) is 7.09. The molecule has 0 aromatic heterocycles. The van der Waals surface area contributed by atoms with Gasteiger partial charge in [-0.15, -0.1) is 0 Å². The van der Waals surface area contributed by atoms with E-state index in [2.05, 4.69) is 0 Å². The van der Waals surface area contributed by atoms with Gasteiger partial charge >= 0.3 is 0 Å². The van der Waals surface area contributed by atoms with Crippen LogP contribution in [0.5, 0.6) is 5.75 Å². The highest BCUT2D eigenvalue weighted by atomic mass is 32.2. The smallest absolute Gasteiger partial charge is 0.139 e. The lowest BCUT2D eigenvalue weighted by Gasteiger charge is -2.10. The van der Waals surface area contributed by atoms with Gasteiger partial charge in [-0.05, 0) is 36.4 Å². The molecule has 0 saturated carbocycles. The maximum absolute atomic E-state index is 13.6. The molecule has 2 N–H and O–H groups in total. The third kappa shape index (κ3) is 3.14. The Morgan fingerprint density at radius 2 is 1.95 bits per heavy atom. The molecule has 106 valence electrons. The van der Waals surface area contributed by atoms with Crippen LogP contribution in [0.1, 0.15) is 5.56 Å². The number of halogens is 2. The van der Waals surface area contributed by atoms with Crippen LogP contribution in [0.15, 0.2) is 41.3 Å². The molecule has 2 aromatic carbocycles. The van der Waals surface area contributed by atoms with Gasteiger partial charge < -0.3 is 10.5 Å². The molecule has 0 aliphatic rings. The van der Waals surface area contributed by atoms with E-state index < -0.39 is 22.4 Å². The minimum Gasteiger partial charge on any atom is -0.496 e. The molecule has 6 heteroatoms. The minimum absolute atomic E-state index is 0.00537. The number of nitrogens with two attached hydrogens (primary N) is 1. The van der Waals surface area contributed by atoms with E-state index in [-0.39, 0.29) is 10.6 Å². The first kappa shape index (κ1) is 14.5. The zero-order valence-electron chi connectivity index (χ0n) is 10.7. The highest BCUT2D eigenvalue weighted by Gasteiger charge is 2.14. The lowest BCUT2D eigenvalue weighted by molar-refractivity contribution is 0.411. The van der Waals surface area contributed by atoms with Gasteiger partial charge in [0.2, 0.25) is 0 Å². The van der Waals surface area contributed by atoms with Crippen LogP contribution in [-0.4, -0.2) is 11.3 Å². The summed E-state index contributed by atoms with van der Waals surface area (Å²) in [6.45, 7) is 0. The molecule has 0 amide bonds. The monoisotopic (exact) mass is 297 g/mol. The molecule has 0 aliphatic heterocycles. The van der Waals surface area contributed by atoms with Crippen molar-refractivity contribution >= 4 is 16.5 Å². The van der Waals surface area contributed by atoms with Crippen LogP contribution < -0.4 is 10.5 Å². The summed E-state index contributed by atoms with van der Waals surface area (Å²) < 4.78 is 44.0. The van der Waals surface area contributed by atoms with Crippen LogP contribution in [0.3, 0.4) is 0 Å². The van der Waals surface area contributed by atoms with Crippen molar-refractivity contribution in [2.24, 2.45) is 0 Å². The van der Waals surface area contributed by atoms with Crippen LogP contribution in [0.2, 0.25) is 0 Å². The summed E-state index contributed by atoms with van der Waals surface area (Å²) in [6.07, 6.45) is 0. The lowest BCUT2D eigenvalue weighted by atomic mass is 10.2. The van der Waals surface area contributed by atoms with E-state index in [9.17, 15) is 13.0 Å². The van der Waals surface area contributed by atoms with Crippen molar-refractivity contribution in [2.45, 2.75) is 10.6 Å². The maximum Gasteiger partial charge on any atom is 0.139 e. The van der Waals surface area contributed by atoms with E-state index in [1.54, 1.807) is 18.2 Å². The van der Waals surface area contributed by atoms with Gasteiger partial charge in [-0.25, -0.2) is 8.78 Å². The standard InChI is InChI=1S/C14H13F2NO2S/c1-19-13-5-3-11(17)6-9(13)8-20(18)14-7-10(15)2-4-12(14)16/h2-7H,8,17H2,1H3. The molecule has 20 heavy (non-hydrogen) atoms. The van der Waals surface area contributed by atoms with E-state index in [0.717, 1.165) is 18.2 Å². The largest absolute Gasteiger partial charge is 0.496 e. The summed E-state index contributed by atoms with van der Waals surface area (Å²) in [5.41, 5.74) is 6.72. The van der Waals surface area contributed by atoms with Gasteiger partial charge in [0.15, 0.2) is 0 Å². The summed E-state index contributed by atoms with van der Waals surface area (Å²) in [5.74, 6) is -0.833. The molecule has 0 bridgehead atoms. The summed E-state index contributed by atoms with van der Waals surface area (Å²) in [6, 6.07) is 7.77. The molecule has 0 aliphatic carbocycles. The van der Waals surface area contributed by atoms with Gasteiger partial charge in [0.25, 0.3) is 0 Å². The second-order valence-electron chi connectivity index (χ2n) is 4.14. The first-order valence-electron chi connectivity index (χ1n) is 5.77. The number of anilines is 1. The Morgan fingerprint density at radius 1 is 1.20 bits per heavy atom. The molecule has 2 aromatic rings. The van der Waals surface area contributed by atoms with Gasteiger partial charge in [-0.2, -0.15) is 0 Å². The van der Waals surface area contributed by atoms with Crippen molar-refractivity contribution in [1.82, 2.24) is 0 Å². The predicted molar refractivity (Wildman–Crippen MR) is 73.9 cm³/mol. The maximum atomic E-state index is 13.6. The Kier molecular flexibility index (Phi) is 4.34. The number of hydrogen-bond donors (Lipinski definition) is 1. The summed E-state index contributed by atoms with van der Waals surface area (Å²) in [5, 5.41) is 0. The zero-order valence-corrected chi connectivity index (χ0v) is 11.5. The average molecular weight is 297 g/mol. The summed E-state index contributed by atoms with van der Waals surface area (Å²) in [7, 11) is -0.254. The van der Waals surface area contributed by atoms with Crippen molar-refractivity contribution < 1.29 is 17.7 Å². The van der Waals surface area contributed by atoms with Gasteiger partial charge in [-0.3, -0.25) is 4.21 Å². The molecule has 1 atom stereocenters. The van der Waals surface area contributed by atoms with Gasteiger partial charge in [-0.1, -0.05) is 0 Å². The van der Waals surface area contributed by atoms with Crippen LogP contribution in [0.4, 0.5) is 14.5 Å². The summed E-state index contributed by atoms with van der Waals surface area (Å²) >= 11 is 0. The fourth-order valence-corrected chi connectivity index (χ4v) is 2.98. The molecular formula is C14H13F2NO2S. The summed E-state index contributed by atoms with van der Waals surface area (Å²) in [4.78, 5) is -0.172. The van der Waals surface area contributed by atoms with E-state index in [1.807, 2.05) is 0 Å². The highest BCUT2D eigenvalue weighted by molar-refractivity contribution is 7.84. The Hall–Kier alpha value is -1.95. The molecule has 0 saturated heterocycles. The third-order valence-corrected chi connectivity index (χ3v) is 4.11. The van der Waals surface area contributed by atoms with Crippen LogP contribution in [-0.2, 0) is 16.6 Å². The molecule has 2 rings (SSSR count). The number of nitrogen functional groups attached to an aromatic ring is 1. The Morgan fingerprint density at radius 3 is 2.65 bits per heavy atom. The van der Waals surface area contributed by atoms with Gasteiger partial charge in [0.1, 0.15) is 17.4 Å². The van der Waals surface area contributed by atoms with E-state index in [4.69, 9.17) is 10.5 Å². The Balaban J connectivity index is 2.32. The van der Waals surface area contributed by atoms with Crippen molar-refractivity contribution in [2.75, 3.05) is 12.8 Å². The number of ether oxygens (including phenoxy) is 1. The molecule has 0 radical (unpaired) electrons. The molecule has 0 spiro atoms.